The third-order valence-corrected chi connectivity index (χ3v) is 2.43. The summed E-state index contributed by atoms with van der Waals surface area (Å²) in [5.74, 6) is -0.110. The summed E-state index contributed by atoms with van der Waals surface area (Å²) in [6.07, 6.45) is 0. The first-order chi connectivity index (χ1) is 8.99. The summed E-state index contributed by atoms with van der Waals surface area (Å²) in [6, 6.07) is 7.23. The summed E-state index contributed by atoms with van der Waals surface area (Å²) >= 11 is 0. The number of carbonyl (C=O) groups excluding carboxylic acids is 2. The highest BCUT2D eigenvalue weighted by Crippen LogP contribution is 2.15. The largest absolute Gasteiger partial charge is 0.378 e. The molecule has 0 aromatic heterocycles. The van der Waals surface area contributed by atoms with Gasteiger partial charge in [-0.3, -0.25) is 4.79 Å². The second-order valence-electron chi connectivity index (χ2n) is 4.31. The Morgan fingerprint density at radius 3 is 2.16 bits per heavy atom. The van der Waals surface area contributed by atoms with Crippen molar-refractivity contribution in [2.45, 2.75) is 6.92 Å². The van der Waals surface area contributed by atoms with Crippen LogP contribution in [-0.4, -0.2) is 39.1 Å². The van der Waals surface area contributed by atoms with Gasteiger partial charge in [-0.1, -0.05) is 0 Å². The molecule has 0 aliphatic heterocycles. The number of amides is 3. The van der Waals surface area contributed by atoms with Crippen LogP contribution in [-0.2, 0) is 4.79 Å². The summed E-state index contributed by atoms with van der Waals surface area (Å²) in [7, 11) is 3.91. The minimum atomic E-state index is -0.289. The molecule has 0 aliphatic carbocycles. The number of hydrogen-bond donors (Lipinski definition) is 3. The van der Waals surface area contributed by atoms with E-state index in [-0.39, 0.29) is 11.9 Å². The molecule has 0 aliphatic rings. The zero-order valence-electron chi connectivity index (χ0n) is 11.5. The average molecular weight is 264 g/mol. The van der Waals surface area contributed by atoms with E-state index < -0.39 is 0 Å². The second kappa shape index (κ2) is 7.25. The van der Waals surface area contributed by atoms with Crippen molar-refractivity contribution in [2.24, 2.45) is 0 Å². The van der Waals surface area contributed by atoms with E-state index in [4.69, 9.17) is 0 Å². The van der Waals surface area contributed by atoms with Gasteiger partial charge in [0.05, 0.1) is 0 Å². The van der Waals surface area contributed by atoms with Crippen LogP contribution in [0.25, 0.3) is 0 Å². The van der Waals surface area contributed by atoms with Gasteiger partial charge >= 0.3 is 6.03 Å². The Morgan fingerprint density at radius 1 is 1.05 bits per heavy atom. The predicted octanol–water partition coefficient (Wildman–Crippen LogP) is 1.01. The zero-order valence-corrected chi connectivity index (χ0v) is 11.5. The molecule has 0 radical (unpaired) electrons. The van der Waals surface area contributed by atoms with E-state index >= 15 is 0 Å². The van der Waals surface area contributed by atoms with Crippen molar-refractivity contribution in [3.05, 3.63) is 24.3 Å². The van der Waals surface area contributed by atoms with Crippen LogP contribution >= 0.6 is 0 Å². The summed E-state index contributed by atoms with van der Waals surface area (Å²) < 4.78 is 0. The highest BCUT2D eigenvalue weighted by Gasteiger charge is 2.01. The molecule has 6 nitrogen and oxygen atoms in total. The standard InChI is InChI=1S/C13H20N4O2/c1-10(18)14-8-9-15-13(19)16-11-4-6-12(7-5-11)17(2)3/h4-7H,8-9H2,1-3H3,(H,14,18)(H2,15,16,19). The summed E-state index contributed by atoms with van der Waals surface area (Å²) in [6.45, 7) is 2.25. The molecule has 0 spiro atoms. The molecule has 0 saturated heterocycles. The van der Waals surface area contributed by atoms with Gasteiger partial charge in [0.15, 0.2) is 0 Å². The van der Waals surface area contributed by atoms with E-state index in [9.17, 15) is 9.59 Å². The van der Waals surface area contributed by atoms with Gasteiger partial charge in [-0.15, -0.1) is 0 Å². The van der Waals surface area contributed by atoms with E-state index in [0.717, 1.165) is 11.4 Å². The average Bonchev–Trinajstić information content (AvgIpc) is 2.35. The van der Waals surface area contributed by atoms with Crippen molar-refractivity contribution in [3.8, 4) is 0 Å². The van der Waals surface area contributed by atoms with Crippen molar-refractivity contribution in [3.63, 3.8) is 0 Å². The summed E-state index contributed by atoms with van der Waals surface area (Å²) in [4.78, 5) is 24.1. The van der Waals surface area contributed by atoms with Crippen LogP contribution in [0.3, 0.4) is 0 Å². The molecule has 1 aromatic rings. The fourth-order valence-corrected chi connectivity index (χ4v) is 1.43. The number of nitrogens with one attached hydrogen (secondary N) is 3. The van der Waals surface area contributed by atoms with E-state index in [1.54, 1.807) is 0 Å². The van der Waals surface area contributed by atoms with Crippen LogP contribution in [0.2, 0.25) is 0 Å². The number of hydrogen-bond acceptors (Lipinski definition) is 3. The fraction of sp³-hybridized carbons (Fsp3) is 0.385. The van der Waals surface area contributed by atoms with Crippen molar-refractivity contribution < 1.29 is 9.59 Å². The lowest BCUT2D eigenvalue weighted by atomic mass is 10.2. The Kier molecular flexibility index (Phi) is 5.66. The van der Waals surface area contributed by atoms with E-state index in [2.05, 4.69) is 16.0 Å². The van der Waals surface area contributed by atoms with E-state index in [1.165, 1.54) is 6.92 Å². The van der Waals surface area contributed by atoms with E-state index in [0.29, 0.717) is 13.1 Å². The smallest absolute Gasteiger partial charge is 0.319 e. The Morgan fingerprint density at radius 2 is 1.63 bits per heavy atom. The first-order valence-corrected chi connectivity index (χ1v) is 6.05. The first-order valence-electron chi connectivity index (χ1n) is 6.05. The molecule has 6 heteroatoms. The van der Waals surface area contributed by atoms with Gasteiger partial charge in [-0.2, -0.15) is 0 Å². The van der Waals surface area contributed by atoms with Crippen molar-refractivity contribution in [1.29, 1.82) is 0 Å². The maximum Gasteiger partial charge on any atom is 0.319 e. The van der Waals surface area contributed by atoms with Gasteiger partial charge < -0.3 is 20.9 Å². The Labute approximate surface area is 113 Å². The number of carbonyl (C=O) groups is 2. The number of urea groups is 1. The molecule has 1 rings (SSSR count). The lowest BCUT2D eigenvalue weighted by Crippen LogP contribution is -2.36. The van der Waals surface area contributed by atoms with Crippen LogP contribution in [0.15, 0.2) is 24.3 Å². The normalized spacial score (nSPS) is 9.63. The highest BCUT2D eigenvalue weighted by atomic mass is 16.2. The predicted molar refractivity (Wildman–Crippen MR) is 76.5 cm³/mol. The van der Waals surface area contributed by atoms with Gasteiger partial charge in [0.1, 0.15) is 0 Å². The van der Waals surface area contributed by atoms with Crippen LogP contribution in [0.5, 0.6) is 0 Å². The van der Waals surface area contributed by atoms with Gasteiger partial charge in [0.2, 0.25) is 5.91 Å². The SMILES string of the molecule is CC(=O)NCCNC(=O)Nc1ccc(N(C)C)cc1. The molecular formula is C13H20N4O2. The maximum absolute atomic E-state index is 11.5. The number of rotatable bonds is 5. The van der Waals surface area contributed by atoms with Crippen LogP contribution in [0.1, 0.15) is 6.92 Å². The number of nitrogens with zero attached hydrogens (tertiary/aromatic N) is 1. The zero-order chi connectivity index (χ0) is 14.3. The Balaban J connectivity index is 2.33. The lowest BCUT2D eigenvalue weighted by molar-refractivity contribution is -0.118. The second-order valence-corrected chi connectivity index (χ2v) is 4.31. The number of benzene rings is 1. The maximum atomic E-state index is 11.5. The fourth-order valence-electron chi connectivity index (χ4n) is 1.43. The molecule has 0 heterocycles. The van der Waals surface area contributed by atoms with Crippen LogP contribution < -0.4 is 20.9 Å². The molecule has 0 bridgehead atoms. The molecule has 0 unspecified atom stereocenters. The summed E-state index contributed by atoms with van der Waals surface area (Å²) in [5.41, 5.74) is 1.79. The van der Waals surface area contributed by atoms with Gasteiger partial charge in [0.25, 0.3) is 0 Å². The molecule has 3 amide bonds. The topological polar surface area (TPSA) is 73.5 Å². The van der Waals surface area contributed by atoms with Crippen LogP contribution in [0.4, 0.5) is 16.2 Å². The number of anilines is 2. The monoisotopic (exact) mass is 264 g/mol. The molecular weight excluding hydrogens is 244 g/mol. The van der Waals surface area contributed by atoms with Crippen LogP contribution in [0, 0.1) is 0 Å². The molecule has 3 N–H and O–H groups in total. The molecule has 1 aromatic carbocycles. The van der Waals surface area contributed by atoms with Crippen molar-refractivity contribution >= 4 is 23.3 Å². The third kappa shape index (κ3) is 5.76. The highest BCUT2D eigenvalue weighted by molar-refractivity contribution is 5.89. The Bertz CT molecular complexity index is 429. The van der Waals surface area contributed by atoms with Crippen molar-refractivity contribution in [2.75, 3.05) is 37.4 Å². The van der Waals surface area contributed by atoms with E-state index in [1.807, 2.05) is 43.3 Å². The minimum Gasteiger partial charge on any atom is -0.378 e. The summed E-state index contributed by atoms with van der Waals surface area (Å²) in [5, 5.41) is 7.96. The molecule has 0 saturated carbocycles. The van der Waals surface area contributed by atoms with Gasteiger partial charge in [-0.05, 0) is 24.3 Å². The van der Waals surface area contributed by atoms with Crippen molar-refractivity contribution in [1.82, 2.24) is 10.6 Å². The quantitative estimate of drug-likeness (QED) is 0.695. The lowest BCUT2D eigenvalue weighted by Gasteiger charge is -2.13. The molecule has 0 atom stereocenters. The third-order valence-electron chi connectivity index (χ3n) is 2.43. The van der Waals surface area contributed by atoms with Gasteiger partial charge in [0, 0.05) is 45.5 Å². The minimum absolute atomic E-state index is 0.110. The first kappa shape index (κ1) is 14.8. The molecule has 104 valence electrons. The Hall–Kier alpha value is -2.24. The molecule has 0 fully saturated rings. The van der Waals surface area contributed by atoms with Gasteiger partial charge in [-0.25, -0.2) is 4.79 Å². The molecule has 19 heavy (non-hydrogen) atoms.